The zero-order valence-electron chi connectivity index (χ0n) is 13.0. The number of ether oxygens (including phenoxy) is 2. The minimum absolute atomic E-state index is 0.0583. The SMILES string of the molecule is COC(=O)C1=C[C@H]2[C@H](C1)[C@H]1C[C@@H]2[C@H](OC(C)=O)[C@H]1N(C)C. The van der Waals surface area contributed by atoms with Gasteiger partial charge in [-0.3, -0.25) is 4.79 Å². The monoisotopic (exact) mass is 293 g/mol. The van der Waals surface area contributed by atoms with Crippen molar-refractivity contribution in [2.24, 2.45) is 23.7 Å². The van der Waals surface area contributed by atoms with Crippen LogP contribution in [0.4, 0.5) is 0 Å². The highest BCUT2D eigenvalue weighted by Crippen LogP contribution is 2.59. The lowest BCUT2D eigenvalue weighted by atomic mass is 9.76. The van der Waals surface area contributed by atoms with Gasteiger partial charge in [0.1, 0.15) is 6.10 Å². The van der Waals surface area contributed by atoms with Crippen LogP contribution in [-0.4, -0.2) is 50.2 Å². The molecule has 0 aliphatic heterocycles. The molecule has 0 saturated heterocycles. The summed E-state index contributed by atoms with van der Waals surface area (Å²) in [5.74, 6) is 1.23. The van der Waals surface area contributed by atoms with Gasteiger partial charge in [0.15, 0.2) is 0 Å². The Morgan fingerprint density at radius 3 is 2.52 bits per heavy atom. The molecule has 3 rings (SSSR count). The average Bonchev–Trinajstić information content (AvgIpc) is 3.05. The molecule has 21 heavy (non-hydrogen) atoms. The third-order valence-electron chi connectivity index (χ3n) is 5.48. The lowest BCUT2D eigenvalue weighted by Gasteiger charge is -2.40. The van der Waals surface area contributed by atoms with Crippen molar-refractivity contribution in [2.75, 3.05) is 21.2 Å². The fraction of sp³-hybridized carbons (Fsp3) is 0.750. The van der Waals surface area contributed by atoms with Gasteiger partial charge in [0, 0.05) is 24.5 Å². The minimum atomic E-state index is -0.217. The van der Waals surface area contributed by atoms with Gasteiger partial charge in [0.05, 0.1) is 7.11 Å². The molecule has 0 N–H and O–H groups in total. The molecule has 0 aromatic rings. The maximum atomic E-state index is 11.8. The van der Waals surface area contributed by atoms with Crippen LogP contribution in [0.1, 0.15) is 19.8 Å². The van der Waals surface area contributed by atoms with E-state index >= 15 is 0 Å². The average molecular weight is 293 g/mol. The molecule has 3 aliphatic rings. The van der Waals surface area contributed by atoms with Gasteiger partial charge in [-0.1, -0.05) is 6.08 Å². The Kier molecular flexibility index (Phi) is 3.56. The van der Waals surface area contributed by atoms with Crippen LogP contribution in [-0.2, 0) is 19.1 Å². The van der Waals surface area contributed by atoms with Crippen molar-refractivity contribution in [3.05, 3.63) is 11.6 Å². The number of methoxy groups -OCH3 is 1. The van der Waals surface area contributed by atoms with Crippen LogP contribution in [0.15, 0.2) is 11.6 Å². The van der Waals surface area contributed by atoms with E-state index in [-0.39, 0.29) is 24.1 Å². The van der Waals surface area contributed by atoms with Crippen LogP contribution in [0.25, 0.3) is 0 Å². The van der Waals surface area contributed by atoms with Gasteiger partial charge in [-0.15, -0.1) is 0 Å². The van der Waals surface area contributed by atoms with Gasteiger partial charge in [0.25, 0.3) is 0 Å². The van der Waals surface area contributed by atoms with Crippen molar-refractivity contribution in [2.45, 2.75) is 31.9 Å². The Morgan fingerprint density at radius 1 is 1.24 bits per heavy atom. The van der Waals surface area contributed by atoms with Crippen LogP contribution in [0.3, 0.4) is 0 Å². The van der Waals surface area contributed by atoms with E-state index in [4.69, 9.17) is 9.47 Å². The van der Waals surface area contributed by atoms with E-state index in [0.29, 0.717) is 23.7 Å². The summed E-state index contributed by atoms with van der Waals surface area (Å²) in [5.41, 5.74) is 0.795. The first kappa shape index (κ1) is 14.6. The molecular weight excluding hydrogens is 270 g/mol. The number of hydrogen-bond donors (Lipinski definition) is 0. The van der Waals surface area contributed by atoms with Crippen molar-refractivity contribution >= 4 is 11.9 Å². The zero-order valence-corrected chi connectivity index (χ0v) is 13.0. The molecule has 0 radical (unpaired) electrons. The molecule has 0 spiro atoms. The molecule has 3 aliphatic carbocycles. The number of carbonyl (C=O) groups is 2. The maximum absolute atomic E-state index is 11.8. The van der Waals surface area contributed by atoms with Crippen molar-refractivity contribution in [3.8, 4) is 0 Å². The molecule has 0 heterocycles. The van der Waals surface area contributed by atoms with E-state index in [9.17, 15) is 9.59 Å². The highest BCUT2D eigenvalue weighted by Gasteiger charge is 2.61. The summed E-state index contributed by atoms with van der Waals surface area (Å²) in [7, 11) is 5.51. The molecule has 5 heteroatoms. The molecule has 2 saturated carbocycles. The van der Waals surface area contributed by atoms with Gasteiger partial charge in [-0.25, -0.2) is 4.79 Å². The number of hydrogen-bond acceptors (Lipinski definition) is 5. The number of carbonyl (C=O) groups excluding carboxylic acids is 2. The molecular formula is C16H23NO4. The first-order valence-corrected chi connectivity index (χ1v) is 7.56. The third kappa shape index (κ3) is 2.18. The molecule has 116 valence electrons. The van der Waals surface area contributed by atoms with Crippen LogP contribution in [0, 0.1) is 23.7 Å². The second-order valence-corrected chi connectivity index (χ2v) is 6.72. The number of nitrogens with zero attached hydrogens (tertiary/aromatic N) is 1. The fourth-order valence-electron chi connectivity index (χ4n) is 4.89. The van der Waals surface area contributed by atoms with Crippen LogP contribution >= 0.6 is 0 Å². The third-order valence-corrected chi connectivity index (χ3v) is 5.48. The van der Waals surface area contributed by atoms with Crippen LogP contribution in [0.2, 0.25) is 0 Å². The first-order valence-electron chi connectivity index (χ1n) is 7.56. The van der Waals surface area contributed by atoms with Gasteiger partial charge >= 0.3 is 11.9 Å². The van der Waals surface area contributed by atoms with Gasteiger partial charge in [-0.05, 0) is 44.7 Å². The largest absolute Gasteiger partial charge is 0.466 e. The van der Waals surface area contributed by atoms with E-state index in [1.807, 2.05) is 14.1 Å². The van der Waals surface area contributed by atoms with E-state index in [2.05, 4.69) is 11.0 Å². The Hall–Kier alpha value is -1.36. The Labute approximate surface area is 125 Å². The van der Waals surface area contributed by atoms with Gasteiger partial charge < -0.3 is 14.4 Å². The van der Waals surface area contributed by atoms with Gasteiger partial charge in [0.2, 0.25) is 0 Å². The van der Waals surface area contributed by atoms with Crippen LogP contribution < -0.4 is 0 Å². The summed E-state index contributed by atoms with van der Waals surface area (Å²) in [4.78, 5) is 25.4. The highest BCUT2D eigenvalue weighted by atomic mass is 16.5. The summed E-state index contributed by atoms with van der Waals surface area (Å²) < 4.78 is 10.5. The maximum Gasteiger partial charge on any atom is 0.333 e. The second kappa shape index (κ2) is 5.13. The number of fused-ring (bicyclic) bond motifs is 5. The predicted octanol–water partition coefficient (Wildman–Crippen LogP) is 1.23. The summed E-state index contributed by atoms with van der Waals surface area (Å²) in [5, 5.41) is 0. The molecule has 5 nitrogen and oxygen atoms in total. The minimum Gasteiger partial charge on any atom is -0.466 e. The summed E-state index contributed by atoms with van der Waals surface area (Å²) >= 11 is 0. The topological polar surface area (TPSA) is 55.8 Å². The van der Waals surface area contributed by atoms with E-state index < -0.39 is 0 Å². The summed E-state index contributed by atoms with van der Waals surface area (Å²) in [6.45, 7) is 1.47. The quantitative estimate of drug-likeness (QED) is 0.733. The standard InChI is InChI=1S/C16H23NO4/c1-8(18)21-15-13-7-12(14(15)17(2)3)10-5-9(6-11(10)13)16(19)20-4/h6,10-15H,5,7H2,1-4H3/t10-,11-,12+,13-,14-,15-/m0/s1. The molecule has 2 bridgehead atoms. The normalized spacial score (nSPS) is 40.1. The highest BCUT2D eigenvalue weighted by molar-refractivity contribution is 5.89. The van der Waals surface area contributed by atoms with Crippen molar-refractivity contribution in [3.63, 3.8) is 0 Å². The predicted molar refractivity (Wildman–Crippen MR) is 76.3 cm³/mol. The van der Waals surface area contributed by atoms with Crippen molar-refractivity contribution in [1.29, 1.82) is 0 Å². The lowest BCUT2D eigenvalue weighted by Crippen LogP contribution is -2.49. The summed E-state index contributed by atoms with van der Waals surface area (Å²) in [6, 6.07) is 0.255. The van der Waals surface area contributed by atoms with Crippen molar-refractivity contribution < 1.29 is 19.1 Å². The molecule has 0 amide bonds. The lowest BCUT2D eigenvalue weighted by molar-refractivity contribution is -0.154. The summed E-state index contributed by atoms with van der Waals surface area (Å²) in [6.07, 6.45) is 3.90. The Bertz CT molecular complexity index is 499. The Balaban J connectivity index is 1.85. The number of rotatable bonds is 3. The zero-order chi connectivity index (χ0) is 15.3. The van der Waals surface area contributed by atoms with Gasteiger partial charge in [-0.2, -0.15) is 0 Å². The molecule has 6 atom stereocenters. The Morgan fingerprint density at radius 2 is 1.95 bits per heavy atom. The van der Waals surface area contributed by atoms with E-state index in [0.717, 1.165) is 18.4 Å². The van der Waals surface area contributed by atoms with Crippen molar-refractivity contribution in [1.82, 2.24) is 4.90 Å². The molecule has 0 unspecified atom stereocenters. The number of likely N-dealkylation sites (N-methyl/N-ethyl adjacent to an activating group) is 1. The first-order chi connectivity index (χ1) is 9.93. The van der Waals surface area contributed by atoms with E-state index in [1.54, 1.807) is 0 Å². The number of esters is 2. The number of allylic oxidation sites excluding steroid dienone is 1. The molecule has 2 fully saturated rings. The second-order valence-electron chi connectivity index (χ2n) is 6.72. The fourth-order valence-corrected chi connectivity index (χ4v) is 4.89. The molecule has 0 aromatic carbocycles. The molecule has 0 aromatic heterocycles. The smallest absolute Gasteiger partial charge is 0.333 e. The van der Waals surface area contributed by atoms with E-state index in [1.165, 1.54) is 14.0 Å². The van der Waals surface area contributed by atoms with Crippen LogP contribution in [0.5, 0.6) is 0 Å².